The highest BCUT2D eigenvalue weighted by Gasteiger charge is 2.13. The molecule has 0 saturated carbocycles. The lowest BCUT2D eigenvalue weighted by Gasteiger charge is -2.15. The summed E-state index contributed by atoms with van der Waals surface area (Å²) in [4.78, 5) is 20.0. The molecule has 5 heteroatoms. The van der Waals surface area contributed by atoms with Gasteiger partial charge in [-0.2, -0.15) is 0 Å². The number of nitrogens with one attached hydrogen (secondary N) is 1. The Morgan fingerprint density at radius 1 is 1.17 bits per heavy atom. The van der Waals surface area contributed by atoms with E-state index in [2.05, 4.69) is 29.1 Å². The number of carbonyl (C=O) groups excluding carboxylic acids is 1. The summed E-state index contributed by atoms with van der Waals surface area (Å²) in [6.07, 6.45) is 0. The van der Waals surface area contributed by atoms with Crippen molar-refractivity contribution in [2.24, 2.45) is 5.73 Å². The summed E-state index contributed by atoms with van der Waals surface area (Å²) in [6, 6.07) is 1.43. The molecule has 1 unspecified atom stereocenters. The average molecular weight is 250 g/mol. The molecule has 1 amide bonds. The summed E-state index contributed by atoms with van der Waals surface area (Å²) in [6.45, 7) is 9.96. The van der Waals surface area contributed by atoms with Gasteiger partial charge in [0.05, 0.1) is 0 Å². The number of nitrogens with two attached hydrogens (primary N) is 1. The first-order chi connectivity index (χ1) is 8.31. The van der Waals surface area contributed by atoms with E-state index in [1.807, 2.05) is 19.9 Å². The number of amides is 1. The Kier molecular flexibility index (Phi) is 4.64. The van der Waals surface area contributed by atoms with E-state index in [0.717, 1.165) is 11.5 Å². The van der Waals surface area contributed by atoms with Crippen LogP contribution in [-0.2, 0) is 4.79 Å². The minimum absolute atomic E-state index is 0.244. The first-order valence-electron chi connectivity index (χ1n) is 6.26. The topological polar surface area (TPSA) is 80.9 Å². The predicted octanol–water partition coefficient (Wildman–Crippen LogP) is 2.01. The van der Waals surface area contributed by atoms with Crippen molar-refractivity contribution in [2.45, 2.75) is 52.5 Å². The Labute approximate surface area is 108 Å². The molecule has 1 rings (SSSR count). The smallest absolute Gasteiger partial charge is 0.239 e. The highest BCUT2D eigenvalue weighted by atomic mass is 16.1. The van der Waals surface area contributed by atoms with E-state index < -0.39 is 11.9 Å². The molecule has 1 heterocycles. The monoisotopic (exact) mass is 250 g/mol. The van der Waals surface area contributed by atoms with E-state index in [1.165, 1.54) is 0 Å². The Bertz CT molecular complexity index is 403. The van der Waals surface area contributed by atoms with Crippen LogP contribution >= 0.6 is 0 Å². The van der Waals surface area contributed by atoms with Gasteiger partial charge >= 0.3 is 0 Å². The van der Waals surface area contributed by atoms with Crippen LogP contribution in [0.3, 0.4) is 0 Å². The molecule has 0 saturated heterocycles. The number of aromatic nitrogens is 2. The van der Waals surface area contributed by atoms with Gasteiger partial charge in [0.1, 0.15) is 17.7 Å². The number of nitrogens with zero attached hydrogens (tertiary/aromatic N) is 2. The maximum absolute atomic E-state index is 11.1. The molecule has 1 aromatic heterocycles. The highest BCUT2D eigenvalue weighted by Crippen LogP contribution is 2.19. The molecule has 1 aromatic rings. The molecule has 0 bridgehead atoms. The van der Waals surface area contributed by atoms with Gasteiger partial charge in [0.25, 0.3) is 0 Å². The minimum Gasteiger partial charge on any atom is -0.368 e. The van der Waals surface area contributed by atoms with E-state index in [9.17, 15) is 4.79 Å². The zero-order valence-electron chi connectivity index (χ0n) is 11.7. The predicted molar refractivity (Wildman–Crippen MR) is 72.5 cm³/mol. The summed E-state index contributed by atoms with van der Waals surface area (Å²) < 4.78 is 0. The van der Waals surface area contributed by atoms with Gasteiger partial charge in [0.2, 0.25) is 5.91 Å². The normalized spacial score (nSPS) is 12.8. The number of anilines is 1. The average Bonchev–Trinajstić information content (AvgIpc) is 2.28. The van der Waals surface area contributed by atoms with Crippen molar-refractivity contribution < 1.29 is 4.79 Å². The molecule has 0 radical (unpaired) electrons. The fourth-order valence-electron chi connectivity index (χ4n) is 1.41. The Balaban J connectivity index is 3.07. The second-order valence-corrected chi connectivity index (χ2v) is 5.11. The first kappa shape index (κ1) is 14.4. The van der Waals surface area contributed by atoms with Gasteiger partial charge in [0, 0.05) is 17.7 Å². The molecule has 0 aromatic carbocycles. The van der Waals surface area contributed by atoms with Gasteiger partial charge in [-0.25, -0.2) is 9.97 Å². The SMILES string of the molecule is CC(Nc1cc(C(C)C)nc(C(C)C)n1)C(N)=O. The third kappa shape index (κ3) is 3.68. The molecule has 3 N–H and O–H groups in total. The maximum atomic E-state index is 11.1. The van der Waals surface area contributed by atoms with E-state index in [1.54, 1.807) is 6.92 Å². The van der Waals surface area contributed by atoms with Crippen LogP contribution in [0.1, 0.15) is 58.0 Å². The first-order valence-corrected chi connectivity index (χ1v) is 6.26. The lowest BCUT2D eigenvalue weighted by molar-refractivity contribution is -0.118. The van der Waals surface area contributed by atoms with Crippen LogP contribution in [0.5, 0.6) is 0 Å². The fourth-order valence-corrected chi connectivity index (χ4v) is 1.41. The van der Waals surface area contributed by atoms with Gasteiger partial charge in [-0.3, -0.25) is 4.79 Å². The van der Waals surface area contributed by atoms with Crippen LogP contribution in [0.4, 0.5) is 5.82 Å². The van der Waals surface area contributed by atoms with Crippen LogP contribution in [0.2, 0.25) is 0 Å². The Morgan fingerprint density at radius 2 is 1.78 bits per heavy atom. The number of rotatable bonds is 5. The molecular weight excluding hydrogens is 228 g/mol. The van der Waals surface area contributed by atoms with Crippen LogP contribution in [0.25, 0.3) is 0 Å². The molecule has 0 spiro atoms. The molecule has 1 atom stereocenters. The summed E-state index contributed by atoms with van der Waals surface area (Å²) in [5.41, 5.74) is 6.20. The molecule has 0 aliphatic carbocycles. The molecule has 0 aliphatic rings. The van der Waals surface area contributed by atoms with Crippen molar-refractivity contribution in [3.05, 3.63) is 17.6 Å². The molecular formula is C13H22N4O. The molecule has 100 valence electrons. The molecule has 0 aliphatic heterocycles. The van der Waals surface area contributed by atoms with Crippen LogP contribution < -0.4 is 11.1 Å². The number of hydrogen-bond donors (Lipinski definition) is 2. The van der Waals surface area contributed by atoms with E-state index in [-0.39, 0.29) is 5.92 Å². The maximum Gasteiger partial charge on any atom is 0.239 e. The van der Waals surface area contributed by atoms with Crippen molar-refractivity contribution >= 4 is 11.7 Å². The minimum atomic E-state index is -0.445. The van der Waals surface area contributed by atoms with Gasteiger partial charge in [0.15, 0.2) is 0 Å². The number of hydrogen-bond acceptors (Lipinski definition) is 4. The van der Waals surface area contributed by atoms with Gasteiger partial charge < -0.3 is 11.1 Å². The lowest BCUT2D eigenvalue weighted by Crippen LogP contribution is -2.33. The third-order valence-electron chi connectivity index (χ3n) is 2.66. The van der Waals surface area contributed by atoms with E-state index in [0.29, 0.717) is 11.7 Å². The zero-order chi connectivity index (χ0) is 13.9. The Morgan fingerprint density at radius 3 is 2.22 bits per heavy atom. The lowest BCUT2D eigenvalue weighted by atomic mass is 10.1. The summed E-state index contributed by atoms with van der Waals surface area (Å²) >= 11 is 0. The highest BCUT2D eigenvalue weighted by molar-refractivity contribution is 5.82. The summed E-state index contributed by atoms with van der Waals surface area (Å²) in [5, 5.41) is 3.01. The largest absolute Gasteiger partial charge is 0.368 e. The molecule has 0 fully saturated rings. The van der Waals surface area contributed by atoms with Gasteiger partial charge in [-0.15, -0.1) is 0 Å². The quantitative estimate of drug-likeness (QED) is 0.837. The number of carbonyl (C=O) groups is 1. The second-order valence-electron chi connectivity index (χ2n) is 5.11. The van der Waals surface area contributed by atoms with Crippen molar-refractivity contribution in [2.75, 3.05) is 5.32 Å². The van der Waals surface area contributed by atoms with Crippen molar-refractivity contribution in [3.8, 4) is 0 Å². The van der Waals surface area contributed by atoms with Crippen LogP contribution in [-0.4, -0.2) is 21.9 Å². The van der Waals surface area contributed by atoms with Crippen molar-refractivity contribution in [3.63, 3.8) is 0 Å². The summed E-state index contributed by atoms with van der Waals surface area (Å²) in [5.74, 6) is 1.60. The van der Waals surface area contributed by atoms with Gasteiger partial charge in [-0.1, -0.05) is 27.7 Å². The number of primary amides is 1. The van der Waals surface area contributed by atoms with Crippen LogP contribution in [0, 0.1) is 0 Å². The molecule has 5 nitrogen and oxygen atoms in total. The Hall–Kier alpha value is -1.65. The van der Waals surface area contributed by atoms with Crippen molar-refractivity contribution in [1.82, 2.24) is 9.97 Å². The van der Waals surface area contributed by atoms with Gasteiger partial charge in [-0.05, 0) is 12.8 Å². The molecule has 18 heavy (non-hydrogen) atoms. The summed E-state index contributed by atoms with van der Waals surface area (Å²) in [7, 11) is 0. The van der Waals surface area contributed by atoms with Crippen LogP contribution in [0.15, 0.2) is 6.07 Å². The fraction of sp³-hybridized carbons (Fsp3) is 0.615. The van der Waals surface area contributed by atoms with E-state index >= 15 is 0 Å². The van der Waals surface area contributed by atoms with Crippen molar-refractivity contribution in [1.29, 1.82) is 0 Å². The van der Waals surface area contributed by atoms with E-state index in [4.69, 9.17) is 5.73 Å². The standard InChI is InChI=1S/C13H22N4O/c1-7(2)10-6-11(15-9(5)12(14)18)17-13(16-10)8(3)4/h6-9H,1-5H3,(H2,14,18)(H,15,16,17). The second kappa shape index (κ2) is 5.80. The third-order valence-corrected chi connectivity index (χ3v) is 2.66. The zero-order valence-corrected chi connectivity index (χ0v) is 11.7.